The Hall–Kier alpha value is -1.51. The van der Waals surface area contributed by atoms with Crippen molar-refractivity contribution in [2.75, 3.05) is 0 Å². The summed E-state index contributed by atoms with van der Waals surface area (Å²) in [5, 5.41) is -0.586. The molecule has 134 valence electrons. The average molecular weight is 391 g/mol. The fraction of sp³-hybridized carbons (Fsp3) is 0.600. The standard InChI is InChI=1S/C10H8F3NO8S2/c11-10(12,13)24(20,21)22-14-7(15)5-4-1-2-9(3-4,23(17,18)19)6(5)8(14)16/h1-2,4-6H,3H2,(H,17,18,19). The van der Waals surface area contributed by atoms with Crippen LogP contribution < -0.4 is 0 Å². The minimum absolute atomic E-state index is 0.307. The zero-order valence-corrected chi connectivity index (χ0v) is 12.9. The molecule has 0 aromatic heterocycles. The number of halogens is 3. The summed E-state index contributed by atoms with van der Waals surface area (Å²) in [5.41, 5.74) is -5.89. The minimum Gasteiger partial charge on any atom is -0.285 e. The summed E-state index contributed by atoms with van der Waals surface area (Å²) >= 11 is 0. The quantitative estimate of drug-likeness (QED) is 0.297. The van der Waals surface area contributed by atoms with Crippen molar-refractivity contribution in [3.05, 3.63) is 12.2 Å². The summed E-state index contributed by atoms with van der Waals surface area (Å²) in [4.78, 5) is 24.3. The zero-order chi connectivity index (χ0) is 18.3. The Morgan fingerprint density at radius 1 is 1.21 bits per heavy atom. The zero-order valence-electron chi connectivity index (χ0n) is 11.3. The maximum Gasteiger partial charge on any atom is 0.525 e. The molecule has 4 atom stereocenters. The highest BCUT2D eigenvalue weighted by Gasteiger charge is 2.72. The van der Waals surface area contributed by atoms with E-state index in [1.165, 1.54) is 6.08 Å². The second-order valence-electron chi connectivity index (χ2n) is 5.61. The van der Waals surface area contributed by atoms with Gasteiger partial charge < -0.3 is 0 Å². The fourth-order valence-electron chi connectivity index (χ4n) is 3.44. The molecule has 3 aliphatic rings. The number of fused-ring (bicyclic) bond motifs is 5. The van der Waals surface area contributed by atoms with Gasteiger partial charge in [0.2, 0.25) is 0 Å². The second-order valence-corrected chi connectivity index (χ2v) is 8.84. The molecule has 1 heterocycles. The molecular formula is C10H8F3NO8S2. The number of hydroxylamine groups is 2. The SMILES string of the molecule is O=C1C2C3C=CC(S(=O)(=O)O)(C3)C2C(=O)N1OS(=O)(=O)C(F)(F)F. The van der Waals surface area contributed by atoms with Crippen molar-refractivity contribution in [3.8, 4) is 0 Å². The summed E-state index contributed by atoms with van der Waals surface area (Å²) in [6.07, 6.45) is 1.92. The Labute approximate surface area is 132 Å². The average Bonchev–Trinajstić information content (AvgIpc) is 3.04. The molecule has 0 aromatic rings. The van der Waals surface area contributed by atoms with Crippen molar-refractivity contribution in [2.24, 2.45) is 17.8 Å². The number of carbonyl (C=O) groups excluding carboxylic acids is 2. The van der Waals surface area contributed by atoms with E-state index in [0.29, 0.717) is 0 Å². The molecule has 9 nitrogen and oxygen atoms in total. The first kappa shape index (κ1) is 17.3. The Kier molecular flexibility index (Phi) is 3.29. The lowest BCUT2D eigenvalue weighted by atomic mass is 9.85. The molecular weight excluding hydrogens is 383 g/mol. The van der Waals surface area contributed by atoms with Crippen LogP contribution in [0.1, 0.15) is 6.42 Å². The molecule has 24 heavy (non-hydrogen) atoms. The van der Waals surface area contributed by atoms with Gasteiger partial charge in [-0.05, 0) is 12.3 Å². The van der Waals surface area contributed by atoms with E-state index in [4.69, 9.17) is 0 Å². The molecule has 4 unspecified atom stereocenters. The predicted molar refractivity (Wildman–Crippen MR) is 66.4 cm³/mol. The van der Waals surface area contributed by atoms with Gasteiger partial charge in [-0.2, -0.15) is 30.0 Å². The molecule has 2 aliphatic carbocycles. The summed E-state index contributed by atoms with van der Waals surface area (Å²) in [6.45, 7) is 0. The van der Waals surface area contributed by atoms with Crippen molar-refractivity contribution >= 4 is 32.1 Å². The van der Waals surface area contributed by atoms with Gasteiger partial charge in [0.25, 0.3) is 21.9 Å². The summed E-state index contributed by atoms with van der Waals surface area (Å²) < 4.78 is 93.1. The number of alkyl halides is 3. The van der Waals surface area contributed by atoms with Crippen molar-refractivity contribution in [3.63, 3.8) is 0 Å². The lowest BCUT2D eigenvalue weighted by molar-refractivity contribution is -0.169. The Morgan fingerprint density at radius 2 is 1.79 bits per heavy atom. The van der Waals surface area contributed by atoms with Crippen LogP contribution in [0.3, 0.4) is 0 Å². The molecule has 2 fully saturated rings. The highest BCUT2D eigenvalue weighted by molar-refractivity contribution is 7.87. The number of amides is 2. The van der Waals surface area contributed by atoms with Gasteiger partial charge >= 0.3 is 15.6 Å². The van der Waals surface area contributed by atoms with E-state index in [-0.39, 0.29) is 6.42 Å². The van der Waals surface area contributed by atoms with Crippen LogP contribution in [-0.2, 0) is 34.1 Å². The number of rotatable bonds is 3. The van der Waals surface area contributed by atoms with E-state index in [1.54, 1.807) is 0 Å². The van der Waals surface area contributed by atoms with E-state index < -0.39 is 65.1 Å². The van der Waals surface area contributed by atoms with Crippen LogP contribution in [0, 0.1) is 17.8 Å². The minimum atomic E-state index is -6.30. The number of hydrogen-bond donors (Lipinski definition) is 1. The number of hydrogen-bond acceptors (Lipinski definition) is 7. The Morgan fingerprint density at radius 3 is 2.29 bits per heavy atom. The van der Waals surface area contributed by atoms with Crippen LogP contribution in [-0.4, -0.2) is 48.5 Å². The predicted octanol–water partition coefficient (Wildman–Crippen LogP) is -0.415. The molecule has 1 saturated heterocycles. The molecule has 3 rings (SSSR count). The highest BCUT2D eigenvalue weighted by Crippen LogP contribution is 2.58. The van der Waals surface area contributed by atoms with Crippen molar-refractivity contribution in [1.82, 2.24) is 5.06 Å². The van der Waals surface area contributed by atoms with Crippen LogP contribution in [0.15, 0.2) is 12.2 Å². The summed E-state index contributed by atoms with van der Waals surface area (Å²) in [6, 6.07) is 0. The molecule has 1 aliphatic heterocycles. The van der Waals surface area contributed by atoms with Gasteiger partial charge in [0.1, 0.15) is 4.75 Å². The molecule has 14 heteroatoms. The fourth-order valence-corrected chi connectivity index (χ4v) is 5.09. The van der Waals surface area contributed by atoms with Crippen molar-refractivity contribution in [2.45, 2.75) is 16.7 Å². The molecule has 2 amide bonds. The summed E-state index contributed by atoms with van der Waals surface area (Å²) in [5.74, 6) is -7.00. The van der Waals surface area contributed by atoms with Gasteiger partial charge in [-0.3, -0.25) is 14.1 Å². The van der Waals surface area contributed by atoms with Crippen molar-refractivity contribution < 1.29 is 48.4 Å². The number of nitrogens with zero attached hydrogens (tertiary/aromatic N) is 1. The maximum absolute atomic E-state index is 12.4. The summed E-state index contributed by atoms with van der Waals surface area (Å²) in [7, 11) is -11.2. The first-order valence-corrected chi connectivity index (χ1v) is 9.13. The van der Waals surface area contributed by atoms with Crippen LogP contribution in [0.4, 0.5) is 13.2 Å². The van der Waals surface area contributed by atoms with E-state index >= 15 is 0 Å². The van der Waals surface area contributed by atoms with Gasteiger partial charge in [0, 0.05) is 0 Å². The molecule has 0 radical (unpaired) electrons. The first-order chi connectivity index (χ1) is 10.7. The monoisotopic (exact) mass is 391 g/mol. The molecule has 1 N–H and O–H groups in total. The second kappa shape index (κ2) is 4.56. The van der Waals surface area contributed by atoms with Crippen LogP contribution in [0.2, 0.25) is 0 Å². The number of imide groups is 1. The van der Waals surface area contributed by atoms with Gasteiger partial charge in [-0.15, -0.1) is 9.35 Å². The first-order valence-electron chi connectivity index (χ1n) is 6.28. The third-order valence-electron chi connectivity index (χ3n) is 4.42. The number of allylic oxidation sites excluding steroid dienone is 1. The van der Waals surface area contributed by atoms with Gasteiger partial charge in [-0.1, -0.05) is 12.2 Å². The lowest BCUT2D eigenvalue weighted by Gasteiger charge is -2.26. The number of carbonyl (C=O) groups is 2. The van der Waals surface area contributed by atoms with Gasteiger partial charge in [0.05, 0.1) is 11.8 Å². The van der Waals surface area contributed by atoms with Gasteiger partial charge in [0.15, 0.2) is 0 Å². The topological polar surface area (TPSA) is 135 Å². The highest BCUT2D eigenvalue weighted by atomic mass is 32.2. The van der Waals surface area contributed by atoms with Crippen molar-refractivity contribution in [1.29, 1.82) is 0 Å². The maximum atomic E-state index is 12.4. The molecule has 0 aromatic carbocycles. The third kappa shape index (κ3) is 1.99. The van der Waals surface area contributed by atoms with Crippen LogP contribution >= 0.6 is 0 Å². The third-order valence-corrected chi connectivity index (χ3v) is 6.84. The van der Waals surface area contributed by atoms with E-state index in [0.717, 1.165) is 6.08 Å². The van der Waals surface area contributed by atoms with Crippen LogP contribution in [0.25, 0.3) is 0 Å². The normalized spacial score (nSPS) is 35.8. The molecule has 0 spiro atoms. The van der Waals surface area contributed by atoms with E-state index in [9.17, 15) is 44.1 Å². The largest absolute Gasteiger partial charge is 0.525 e. The van der Waals surface area contributed by atoms with E-state index in [2.05, 4.69) is 4.28 Å². The smallest absolute Gasteiger partial charge is 0.285 e. The van der Waals surface area contributed by atoms with Crippen LogP contribution in [0.5, 0.6) is 0 Å². The van der Waals surface area contributed by atoms with Gasteiger partial charge in [-0.25, -0.2) is 0 Å². The molecule has 2 bridgehead atoms. The molecule has 1 saturated carbocycles. The van der Waals surface area contributed by atoms with E-state index in [1.807, 2.05) is 0 Å². The Balaban J connectivity index is 2.01. The lowest BCUT2D eigenvalue weighted by Crippen LogP contribution is -2.46. The Bertz CT molecular complexity index is 876.